The number of anilines is 1. The quantitative estimate of drug-likeness (QED) is 0.599. The molecule has 1 atom stereocenters. The van der Waals surface area contributed by atoms with Crippen LogP contribution in [0.3, 0.4) is 0 Å². The van der Waals surface area contributed by atoms with Gasteiger partial charge in [-0.2, -0.15) is 0 Å². The van der Waals surface area contributed by atoms with Gasteiger partial charge in [-0.15, -0.1) is 0 Å². The second-order valence-corrected chi connectivity index (χ2v) is 4.29. The zero-order valence-electron chi connectivity index (χ0n) is 10.1. The van der Waals surface area contributed by atoms with E-state index in [-0.39, 0.29) is 0 Å². The predicted molar refractivity (Wildman–Crippen MR) is 76.1 cm³/mol. The van der Waals surface area contributed by atoms with E-state index in [1.165, 1.54) is 11.1 Å². The van der Waals surface area contributed by atoms with Crippen LogP contribution in [0.15, 0.2) is 30.3 Å². The normalized spacial score (nSPS) is 16.1. The van der Waals surface area contributed by atoms with Crippen LogP contribution in [0.25, 0.3) is 5.57 Å². The Labute approximate surface area is 101 Å². The lowest BCUT2D eigenvalue weighted by Gasteiger charge is -2.22. The van der Waals surface area contributed by atoms with E-state index in [9.17, 15) is 0 Å². The first-order valence-electron chi connectivity index (χ1n) is 5.81. The van der Waals surface area contributed by atoms with Gasteiger partial charge in [-0.1, -0.05) is 47.5 Å². The zero-order chi connectivity index (χ0) is 12.0. The lowest BCUT2D eigenvalue weighted by molar-refractivity contribution is 0.515. The Bertz CT molecular complexity index is 361. The molecule has 0 fully saturated rings. The van der Waals surface area contributed by atoms with Crippen molar-refractivity contribution in [3.63, 3.8) is 0 Å². The summed E-state index contributed by atoms with van der Waals surface area (Å²) in [6.45, 7) is 6.08. The number of para-hydroxylation sites is 1. The Morgan fingerprint density at radius 1 is 1.25 bits per heavy atom. The Morgan fingerprint density at radius 2 is 1.94 bits per heavy atom. The molecule has 1 heterocycles. The zero-order valence-corrected chi connectivity index (χ0v) is 11.3. The van der Waals surface area contributed by atoms with Gasteiger partial charge in [0.1, 0.15) is 0 Å². The first-order valence-corrected chi connectivity index (χ1v) is 6.32. The lowest BCUT2D eigenvalue weighted by atomic mass is 9.99. The van der Waals surface area contributed by atoms with Gasteiger partial charge in [0, 0.05) is 24.3 Å². The highest BCUT2D eigenvalue weighted by Gasteiger charge is 2.10. The molecule has 1 aliphatic heterocycles. The average molecular weight is 236 g/mol. The molecule has 2 rings (SSSR count). The van der Waals surface area contributed by atoms with Gasteiger partial charge in [0.2, 0.25) is 0 Å². The van der Waals surface area contributed by atoms with Crippen molar-refractivity contribution < 1.29 is 0 Å². The molecular weight excluding hydrogens is 215 g/mol. The second kappa shape index (κ2) is 6.67. The molecule has 0 bridgehead atoms. The van der Waals surface area contributed by atoms with Crippen LogP contribution in [0, 0.1) is 0 Å². The minimum atomic E-state index is 0.885. The van der Waals surface area contributed by atoms with E-state index >= 15 is 0 Å². The van der Waals surface area contributed by atoms with Gasteiger partial charge in [0.05, 0.1) is 0 Å². The van der Waals surface area contributed by atoms with E-state index < -0.39 is 0 Å². The molecule has 0 aliphatic carbocycles. The Hall–Kier alpha value is -0.850. The molecule has 88 valence electrons. The molecule has 16 heavy (non-hydrogen) atoms. The molecule has 0 amide bonds. The summed E-state index contributed by atoms with van der Waals surface area (Å²) >= 11 is 0. The van der Waals surface area contributed by atoms with Gasteiger partial charge in [0.15, 0.2) is 0 Å². The molecule has 1 aliphatic rings. The number of nitrogen functional groups attached to an aromatic ring is 1. The SMILES string of the molecule is CC.Nc1ccccc1C1=CCN(P)CC1. The van der Waals surface area contributed by atoms with Gasteiger partial charge in [-0.3, -0.25) is 4.67 Å². The molecule has 0 saturated carbocycles. The van der Waals surface area contributed by atoms with Gasteiger partial charge in [-0.25, -0.2) is 0 Å². The number of benzene rings is 1. The Morgan fingerprint density at radius 3 is 2.50 bits per heavy atom. The first-order chi connectivity index (χ1) is 7.77. The summed E-state index contributed by atoms with van der Waals surface area (Å²) in [7, 11) is 2.73. The molecule has 1 aromatic rings. The topological polar surface area (TPSA) is 29.3 Å². The van der Waals surface area contributed by atoms with E-state index in [0.717, 1.165) is 25.2 Å². The maximum absolute atomic E-state index is 5.93. The maximum atomic E-state index is 5.93. The van der Waals surface area contributed by atoms with Crippen LogP contribution in [-0.2, 0) is 0 Å². The summed E-state index contributed by atoms with van der Waals surface area (Å²) in [6, 6.07) is 8.08. The van der Waals surface area contributed by atoms with E-state index in [2.05, 4.69) is 26.2 Å². The van der Waals surface area contributed by atoms with Crippen LogP contribution in [0.5, 0.6) is 0 Å². The van der Waals surface area contributed by atoms with Gasteiger partial charge in [0.25, 0.3) is 0 Å². The molecule has 0 aromatic heterocycles. The smallest absolute Gasteiger partial charge is 0.0390 e. The molecular formula is C13H21N2P. The van der Waals surface area contributed by atoms with Crippen LogP contribution < -0.4 is 5.73 Å². The fourth-order valence-electron chi connectivity index (χ4n) is 1.72. The summed E-state index contributed by atoms with van der Waals surface area (Å²) in [5, 5.41) is 0. The van der Waals surface area contributed by atoms with Crippen molar-refractivity contribution in [3.05, 3.63) is 35.9 Å². The monoisotopic (exact) mass is 236 g/mol. The summed E-state index contributed by atoms with van der Waals surface area (Å²) in [4.78, 5) is 0. The predicted octanol–water partition coefficient (Wildman–Crippen LogP) is 3.17. The number of nitrogens with two attached hydrogens (primary N) is 1. The van der Waals surface area contributed by atoms with Crippen LogP contribution in [0.4, 0.5) is 5.69 Å². The maximum Gasteiger partial charge on any atom is 0.0390 e. The highest BCUT2D eigenvalue weighted by atomic mass is 31.0. The molecule has 0 saturated heterocycles. The fraction of sp³-hybridized carbons (Fsp3) is 0.385. The van der Waals surface area contributed by atoms with Crippen LogP contribution in [0.1, 0.15) is 25.8 Å². The minimum absolute atomic E-state index is 0.885. The van der Waals surface area contributed by atoms with Crippen molar-refractivity contribution in [2.75, 3.05) is 18.8 Å². The Kier molecular flexibility index (Phi) is 5.51. The number of hydrogen-bond donors (Lipinski definition) is 1. The number of hydrogen-bond acceptors (Lipinski definition) is 2. The molecule has 3 heteroatoms. The van der Waals surface area contributed by atoms with E-state index in [1.54, 1.807) is 0 Å². The van der Waals surface area contributed by atoms with E-state index in [1.807, 2.05) is 32.0 Å². The van der Waals surface area contributed by atoms with Crippen molar-refractivity contribution in [1.82, 2.24) is 4.67 Å². The van der Waals surface area contributed by atoms with Crippen LogP contribution >= 0.6 is 9.39 Å². The molecule has 1 aromatic carbocycles. The minimum Gasteiger partial charge on any atom is -0.398 e. The molecule has 2 N–H and O–H groups in total. The van der Waals surface area contributed by atoms with Crippen molar-refractivity contribution >= 4 is 20.7 Å². The average Bonchev–Trinajstić information content (AvgIpc) is 2.34. The van der Waals surface area contributed by atoms with Crippen molar-refractivity contribution in [1.29, 1.82) is 0 Å². The van der Waals surface area contributed by atoms with Crippen molar-refractivity contribution in [2.24, 2.45) is 0 Å². The third-order valence-corrected chi connectivity index (χ3v) is 3.02. The highest BCUT2D eigenvalue weighted by Crippen LogP contribution is 2.27. The lowest BCUT2D eigenvalue weighted by Crippen LogP contribution is -2.18. The van der Waals surface area contributed by atoms with Crippen molar-refractivity contribution in [2.45, 2.75) is 20.3 Å². The summed E-state index contributed by atoms with van der Waals surface area (Å²) < 4.78 is 2.22. The number of nitrogens with zero attached hydrogens (tertiary/aromatic N) is 1. The molecule has 0 spiro atoms. The third kappa shape index (κ3) is 3.33. The first kappa shape index (κ1) is 13.2. The molecule has 0 radical (unpaired) electrons. The highest BCUT2D eigenvalue weighted by molar-refractivity contribution is 7.13. The largest absolute Gasteiger partial charge is 0.398 e. The summed E-state index contributed by atoms with van der Waals surface area (Å²) in [5.74, 6) is 0. The standard InChI is InChI=1S/C11H15N2P.C2H6/c12-11-4-2-1-3-10(11)9-5-7-13(14)8-6-9;1-2/h1-5H,6-8,12,14H2;1-2H3. The summed E-state index contributed by atoms with van der Waals surface area (Å²) in [6.07, 6.45) is 3.33. The van der Waals surface area contributed by atoms with Gasteiger partial charge < -0.3 is 5.73 Å². The summed E-state index contributed by atoms with van der Waals surface area (Å²) in [5.41, 5.74) is 9.39. The second-order valence-electron chi connectivity index (χ2n) is 3.56. The van der Waals surface area contributed by atoms with Crippen molar-refractivity contribution in [3.8, 4) is 0 Å². The van der Waals surface area contributed by atoms with E-state index in [0.29, 0.717) is 0 Å². The van der Waals surface area contributed by atoms with Gasteiger partial charge in [-0.05, 0) is 18.1 Å². The molecule has 1 unspecified atom stereocenters. The van der Waals surface area contributed by atoms with Crippen LogP contribution in [-0.4, -0.2) is 17.8 Å². The fourth-order valence-corrected chi connectivity index (χ4v) is 1.95. The van der Waals surface area contributed by atoms with Crippen LogP contribution in [0.2, 0.25) is 0 Å². The van der Waals surface area contributed by atoms with Gasteiger partial charge >= 0.3 is 0 Å². The Balaban J connectivity index is 0.000000606. The third-order valence-electron chi connectivity index (χ3n) is 2.55. The molecule has 2 nitrogen and oxygen atoms in total. The van der Waals surface area contributed by atoms with E-state index in [4.69, 9.17) is 5.73 Å². The number of rotatable bonds is 1.